The monoisotopic (exact) mass is 225 g/mol. The van der Waals surface area contributed by atoms with Crippen molar-refractivity contribution >= 4 is 11.9 Å². The van der Waals surface area contributed by atoms with Gasteiger partial charge in [-0.2, -0.15) is 5.10 Å². The fourth-order valence-electron chi connectivity index (χ4n) is 1.29. The molecule has 1 aromatic heterocycles. The molecule has 0 saturated heterocycles. The van der Waals surface area contributed by atoms with Crippen molar-refractivity contribution in [3.63, 3.8) is 0 Å². The minimum absolute atomic E-state index is 0.0282. The van der Waals surface area contributed by atoms with Gasteiger partial charge < -0.3 is 10.4 Å². The van der Waals surface area contributed by atoms with E-state index in [1.807, 2.05) is 0 Å². The molecule has 0 aliphatic rings. The minimum Gasteiger partial charge on any atom is -0.481 e. The predicted molar refractivity (Wildman–Crippen MR) is 56.9 cm³/mol. The molecule has 1 unspecified atom stereocenters. The van der Waals surface area contributed by atoms with Crippen LogP contribution in [0.5, 0.6) is 0 Å². The number of amides is 1. The quantitative estimate of drug-likeness (QED) is 0.679. The van der Waals surface area contributed by atoms with Crippen LogP contribution in [0.15, 0.2) is 12.3 Å². The number of aliphatic carboxylic acids is 1. The molecule has 1 atom stereocenters. The molecular weight excluding hydrogens is 210 g/mol. The molecule has 16 heavy (non-hydrogen) atoms. The van der Waals surface area contributed by atoms with Crippen LogP contribution < -0.4 is 5.32 Å². The molecule has 0 aliphatic heterocycles. The normalized spacial score (nSPS) is 12.4. The molecule has 1 rings (SSSR count). The average molecular weight is 225 g/mol. The van der Waals surface area contributed by atoms with Crippen LogP contribution in [0.25, 0.3) is 0 Å². The number of carboxylic acids is 1. The Morgan fingerprint density at radius 3 is 2.69 bits per heavy atom. The van der Waals surface area contributed by atoms with E-state index in [1.165, 1.54) is 12.3 Å². The summed E-state index contributed by atoms with van der Waals surface area (Å²) in [5.41, 5.74) is 0.327. The summed E-state index contributed by atoms with van der Waals surface area (Å²) in [5, 5.41) is 17.6. The Morgan fingerprint density at radius 2 is 2.25 bits per heavy atom. The number of nitrogens with zero attached hydrogens (tertiary/aromatic N) is 1. The second kappa shape index (κ2) is 5.29. The van der Waals surface area contributed by atoms with Crippen molar-refractivity contribution in [2.45, 2.75) is 13.8 Å². The highest BCUT2D eigenvalue weighted by molar-refractivity contribution is 5.92. The molecule has 6 heteroatoms. The Hall–Kier alpha value is -1.85. The third kappa shape index (κ3) is 3.08. The lowest BCUT2D eigenvalue weighted by Crippen LogP contribution is -2.35. The molecule has 0 fully saturated rings. The molecule has 0 saturated carbocycles. The maximum absolute atomic E-state index is 11.5. The lowest BCUT2D eigenvalue weighted by Gasteiger charge is -2.16. The van der Waals surface area contributed by atoms with Gasteiger partial charge in [-0.1, -0.05) is 13.8 Å². The van der Waals surface area contributed by atoms with Crippen molar-refractivity contribution in [2.75, 3.05) is 6.54 Å². The fraction of sp³-hybridized carbons (Fsp3) is 0.500. The maximum atomic E-state index is 11.5. The van der Waals surface area contributed by atoms with Crippen molar-refractivity contribution < 1.29 is 14.7 Å². The zero-order valence-electron chi connectivity index (χ0n) is 9.23. The number of H-pyrrole nitrogens is 1. The van der Waals surface area contributed by atoms with E-state index < -0.39 is 11.9 Å². The highest BCUT2D eigenvalue weighted by Crippen LogP contribution is 2.09. The summed E-state index contributed by atoms with van der Waals surface area (Å²) < 4.78 is 0. The maximum Gasteiger partial charge on any atom is 0.308 e. The molecule has 0 spiro atoms. The van der Waals surface area contributed by atoms with E-state index in [0.29, 0.717) is 5.69 Å². The smallest absolute Gasteiger partial charge is 0.308 e. The van der Waals surface area contributed by atoms with Crippen LogP contribution in [0.4, 0.5) is 0 Å². The standard InChI is InChI=1S/C10H15N3O3/c1-6(2)7(10(15)16)5-11-9(14)8-3-4-12-13-8/h3-4,6-7H,5H2,1-2H3,(H,11,14)(H,12,13)(H,15,16). The van der Waals surface area contributed by atoms with E-state index in [2.05, 4.69) is 15.5 Å². The molecule has 0 bridgehead atoms. The van der Waals surface area contributed by atoms with Gasteiger partial charge >= 0.3 is 5.97 Å². The van der Waals surface area contributed by atoms with Crippen LogP contribution in [0, 0.1) is 11.8 Å². The van der Waals surface area contributed by atoms with Crippen LogP contribution >= 0.6 is 0 Å². The average Bonchev–Trinajstić information content (AvgIpc) is 2.69. The first-order valence-corrected chi connectivity index (χ1v) is 5.02. The van der Waals surface area contributed by atoms with E-state index in [9.17, 15) is 9.59 Å². The van der Waals surface area contributed by atoms with Crippen LogP contribution in [0.3, 0.4) is 0 Å². The Kier molecular flexibility index (Phi) is 4.04. The van der Waals surface area contributed by atoms with Gasteiger partial charge in [0.05, 0.1) is 5.92 Å². The molecule has 1 aromatic rings. The van der Waals surface area contributed by atoms with Crippen molar-refractivity contribution in [3.8, 4) is 0 Å². The number of hydrogen-bond donors (Lipinski definition) is 3. The van der Waals surface area contributed by atoms with Crippen molar-refractivity contribution in [1.82, 2.24) is 15.5 Å². The SMILES string of the molecule is CC(C)C(CNC(=O)c1ccn[nH]1)C(=O)O. The molecule has 3 N–H and O–H groups in total. The van der Waals surface area contributed by atoms with Gasteiger partial charge in [0, 0.05) is 12.7 Å². The van der Waals surface area contributed by atoms with Crippen LogP contribution in [0.1, 0.15) is 24.3 Å². The van der Waals surface area contributed by atoms with Gasteiger partial charge in [-0.15, -0.1) is 0 Å². The Bertz CT molecular complexity index is 359. The largest absolute Gasteiger partial charge is 0.481 e. The van der Waals surface area contributed by atoms with Gasteiger partial charge in [-0.05, 0) is 12.0 Å². The Labute approximate surface area is 93.1 Å². The van der Waals surface area contributed by atoms with Gasteiger partial charge in [0.15, 0.2) is 0 Å². The molecule has 1 amide bonds. The number of hydrogen-bond acceptors (Lipinski definition) is 3. The van der Waals surface area contributed by atoms with Gasteiger partial charge in [0.2, 0.25) is 0 Å². The number of nitrogens with one attached hydrogen (secondary N) is 2. The van der Waals surface area contributed by atoms with Crippen LogP contribution in [0.2, 0.25) is 0 Å². The first-order valence-electron chi connectivity index (χ1n) is 5.02. The summed E-state index contributed by atoms with van der Waals surface area (Å²) in [6, 6.07) is 1.53. The molecule has 0 radical (unpaired) electrons. The molecular formula is C10H15N3O3. The zero-order chi connectivity index (χ0) is 12.1. The van der Waals surface area contributed by atoms with Crippen LogP contribution in [-0.2, 0) is 4.79 Å². The number of rotatable bonds is 5. The van der Waals surface area contributed by atoms with E-state index in [0.717, 1.165) is 0 Å². The first kappa shape index (κ1) is 12.2. The Morgan fingerprint density at radius 1 is 1.56 bits per heavy atom. The summed E-state index contributed by atoms with van der Waals surface area (Å²) in [7, 11) is 0. The molecule has 0 aromatic carbocycles. The van der Waals surface area contributed by atoms with Crippen molar-refractivity contribution in [3.05, 3.63) is 18.0 Å². The lowest BCUT2D eigenvalue weighted by atomic mass is 9.96. The Balaban J connectivity index is 2.50. The molecule has 1 heterocycles. The van der Waals surface area contributed by atoms with Gasteiger partial charge in [0.1, 0.15) is 5.69 Å². The predicted octanol–water partition coefficient (Wildman–Crippen LogP) is 0.496. The highest BCUT2D eigenvalue weighted by Gasteiger charge is 2.22. The second-order valence-electron chi connectivity index (χ2n) is 3.87. The summed E-state index contributed by atoms with van der Waals surface area (Å²) in [4.78, 5) is 22.3. The van der Waals surface area contributed by atoms with Crippen LogP contribution in [-0.4, -0.2) is 33.7 Å². The second-order valence-corrected chi connectivity index (χ2v) is 3.87. The summed E-state index contributed by atoms with van der Waals surface area (Å²) >= 11 is 0. The summed E-state index contributed by atoms with van der Waals surface area (Å²) in [6.45, 7) is 3.73. The first-order chi connectivity index (χ1) is 7.52. The number of carbonyl (C=O) groups excluding carboxylic acids is 1. The fourth-order valence-corrected chi connectivity index (χ4v) is 1.29. The molecule has 88 valence electrons. The minimum atomic E-state index is -0.903. The van der Waals surface area contributed by atoms with E-state index in [1.54, 1.807) is 13.8 Å². The highest BCUT2D eigenvalue weighted by atomic mass is 16.4. The summed E-state index contributed by atoms with van der Waals surface area (Å²) in [5.74, 6) is -1.85. The van der Waals surface area contributed by atoms with E-state index in [-0.39, 0.29) is 18.4 Å². The topological polar surface area (TPSA) is 95.1 Å². The zero-order valence-corrected chi connectivity index (χ0v) is 9.23. The van der Waals surface area contributed by atoms with E-state index >= 15 is 0 Å². The van der Waals surface area contributed by atoms with Crippen molar-refractivity contribution in [1.29, 1.82) is 0 Å². The number of carboxylic acid groups (broad SMARTS) is 1. The van der Waals surface area contributed by atoms with Gasteiger partial charge in [-0.25, -0.2) is 0 Å². The number of carbonyl (C=O) groups is 2. The number of aromatic amines is 1. The van der Waals surface area contributed by atoms with Gasteiger partial charge in [-0.3, -0.25) is 14.7 Å². The third-order valence-corrected chi connectivity index (χ3v) is 2.35. The van der Waals surface area contributed by atoms with Gasteiger partial charge in [0.25, 0.3) is 5.91 Å². The lowest BCUT2D eigenvalue weighted by molar-refractivity contribution is -0.142. The molecule has 6 nitrogen and oxygen atoms in total. The van der Waals surface area contributed by atoms with E-state index in [4.69, 9.17) is 5.11 Å². The molecule has 0 aliphatic carbocycles. The third-order valence-electron chi connectivity index (χ3n) is 2.35. The number of aromatic nitrogens is 2. The van der Waals surface area contributed by atoms with Crippen molar-refractivity contribution in [2.24, 2.45) is 11.8 Å². The summed E-state index contributed by atoms with van der Waals surface area (Å²) in [6.07, 6.45) is 1.46.